The molecule has 146 heavy (non-hydrogen) atoms. The molecule has 764 valence electrons. The summed E-state index contributed by atoms with van der Waals surface area (Å²) in [6.07, 6.45) is 14.1. The molecule has 10 heterocycles. The zero-order valence-corrected chi connectivity index (χ0v) is 84.8. The highest BCUT2D eigenvalue weighted by Gasteiger charge is 2.55. The molecule has 5 amide bonds. The summed E-state index contributed by atoms with van der Waals surface area (Å²) < 4.78 is 127. The van der Waals surface area contributed by atoms with Crippen molar-refractivity contribution >= 4 is 83.8 Å². The third-order valence-electron chi connectivity index (χ3n) is 28.5. The minimum atomic E-state index is -3.59. The van der Waals surface area contributed by atoms with Gasteiger partial charge in [0.15, 0.2) is 46.0 Å². The molecule has 6 fully saturated rings. The number of nitrogens with zero attached hydrogens (tertiary/aromatic N) is 6. The van der Waals surface area contributed by atoms with Crippen LogP contribution >= 0.6 is 10.8 Å². The van der Waals surface area contributed by atoms with E-state index in [-0.39, 0.29) is 63.4 Å². The van der Waals surface area contributed by atoms with Gasteiger partial charge >= 0.3 is 6.09 Å². The Kier molecular flexibility index (Phi) is 28.6. The van der Waals surface area contributed by atoms with Crippen LogP contribution in [-0.4, -0.2) is 164 Å². The number of nitrogens with one attached hydrogen (secondary N) is 7. The summed E-state index contributed by atoms with van der Waals surface area (Å²) in [5.74, 6) is 7.41. The summed E-state index contributed by atoms with van der Waals surface area (Å²) in [6, 6.07) is 66.0. The van der Waals surface area contributed by atoms with E-state index in [0.29, 0.717) is 124 Å². The molecule has 10 aliphatic rings. The van der Waals surface area contributed by atoms with Gasteiger partial charge in [-0.2, -0.15) is 4.31 Å². The first-order valence-electron chi connectivity index (χ1n) is 48.9. The number of ether oxygens (including phenoxy) is 9. The molecule has 4 saturated carbocycles. The summed E-state index contributed by atoms with van der Waals surface area (Å²) >= 11 is 0. The molecule has 2 atom stereocenters. The number of carbonyl (C=O) groups excluding carboxylic acids is 5. The molecule has 0 spiro atoms. The number of fused-ring (bicyclic) bond motifs is 4. The van der Waals surface area contributed by atoms with Crippen LogP contribution in [0.2, 0.25) is 0 Å². The lowest BCUT2D eigenvalue weighted by molar-refractivity contribution is -0.119. The molecular formula is C110H121N13O20S3. The topological polar surface area (TPSA) is 419 Å². The van der Waals surface area contributed by atoms with E-state index in [2.05, 4.69) is 74.8 Å². The van der Waals surface area contributed by atoms with Crippen molar-refractivity contribution in [2.75, 3.05) is 88.7 Å². The fourth-order valence-corrected chi connectivity index (χ4v) is 22.5. The molecule has 0 bridgehead atoms. The Hall–Kier alpha value is -14.1. The highest BCUT2D eigenvalue weighted by atomic mass is 32.3. The molecule has 22 rings (SSSR count). The summed E-state index contributed by atoms with van der Waals surface area (Å²) in [7, 11) is -6.52. The maximum Gasteiger partial charge on any atom is 0.407 e. The van der Waals surface area contributed by atoms with Gasteiger partial charge in [0.1, 0.15) is 28.9 Å². The monoisotopic (exact) mass is 2040 g/mol. The Morgan fingerprint density at radius 2 is 0.904 bits per heavy atom. The lowest BCUT2D eigenvalue weighted by Gasteiger charge is -2.31. The number of likely N-dealkylation sites (tertiary alicyclic amines) is 1. The van der Waals surface area contributed by atoms with Gasteiger partial charge in [0.05, 0.1) is 47.7 Å². The largest absolute Gasteiger partial charge is 0.454 e. The first-order chi connectivity index (χ1) is 70.2. The number of benzene rings is 8. The molecule has 8 aromatic carbocycles. The SMILES string of the molecule is CC(C)(C)OC(=O)NCc1cccc(-c2ccc(NC(=O)C3(c4ccc5c(c4)OCO5)CC3)nc2)c1.CC1CCCN(S(=O)(=O)c2ccc(-c3cccc(NC(=O)C4(c5ccc6c(c5)OCO6)CC4)n3)cc2)C1.CN1CCCC1CCNS(=O)(=O)c1ccc(-c2cccc(NC(=O)C3(c4ccc5c(c4)OCO5)CC3)n2)cc1.CNS(O)(O)c1ccc(-c2cnc(NC(=O)C3(c4ccc5c(c4)OCO5)CC3)c(C)c2C)cc1.[HH].[HH]. The van der Waals surface area contributed by atoms with Crippen LogP contribution in [0.3, 0.4) is 0 Å². The predicted octanol–water partition coefficient (Wildman–Crippen LogP) is 19.2. The van der Waals surface area contributed by atoms with Crippen molar-refractivity contribution in [2.45, 2.75) is 180 Å². The summed E-state index contributed by atoms with van der Waals surface area (Å²) in [5.41, 5.74) is 10.1. The van der Waals surface area contributed by atoms with Crippen molar-refractivity contribution in [2.24, 2.45) is 5.92 Å². The average molecular weight is 2040 g/mol. The molecule has 2 saturated heterocycles. The number of aromatic nitrogens is 4. The van der Waals surface area contributed by atoms with Gasteiger partial charge in [-0.3, -0.25) is 28.3 Å². The van der Waals surface area contributed by atoms with E-state index in [4.69, 9.17) is 42.6 Å². The molecule has 33 nitrogen and oxygen atoms in total. The minimum absolute atomic E-state index is 0. The quantitative estimate of drug-likeness (QED) is 0.0231. The Morgan fingerprint density at radius 1 is 0.466 bits per heavy atom. The van der Waals surface area contributed by atoms with Crippen molar-refractivity contribution in [3.8, 4) is 90.8 Å². The lowest BCUT2D eigenvalue weighted by atomic mass is 9.94. The highest BCUT2D eigenvalue weighted by molar-refractivity contribution is 8.22. The maximum absolute atomic E-state index is 13.3. The van der Waals surface area contributed by atoms with E-state index in [0.717, 1.165) is 162 Å². The second-order valence-corrected chi connectivity index (χ2v) is 45.1. The van der Waals surface area contributed by atoms with E-state index in [1.165, 1.54) is 7.05 Å². The third-order valence-corrected chi connectivity index (χ3v) is 33.3. The summed E-state index contributed by atoms with van der Waals surface area (Å²) in [4.78, 5) is 86.4. The number of carbonyl (C=O) groups is 5. The van der Waals surface area contributed by atoms with E-state index in [1.807, 2.05) is 174 Å². The van der Waals surface area contributed by atoms with Gasteiger partial charge in [0, 0.05) is 76.8 Å². The number of sulfonamides is 2. The van der Waals surface area contributed by atoms with E-state index in [1.54, 1.807) is 95.6 Å². The van der Waals surface area contributed by atoms with Crippen molar-refractivity contribution in [1.29, 1.82) is 0 Å². The smallest absolute Gasteiger partial charge is 0.407 e. The Labute approximate surface area is 852 Å². The maximum atomic E-state index is 13.3. The number of anilines is 4. The molecular weight excluding hydrogens is 1920 g/mol. The molecule has 0 radical (unpaired) electrons. The van der Waals surface area contributed by atoms with Crippen LogP contribution in [0.4, 0.5) is 28.1 Å². The molecule has 9 N–H and O–H groups in total. The third kappa shape index (κ3) is 22.1. The second kappa shape index (κ2) is 41.4. The van der Waals surface area contributed by atoms with Crippen molar-refractivity contribution in [3.63, 3.8) is 0 Å². The van der Waals surface area contributed by atoms with E-state index in [9.17, 15) is 49.9 Å². The van der Waals surface area contributed by atoms with Gasteiger partial charge in [-0.1, -0.05) is 97.9 Å². The zero-order valence-electron chi connectivity index (χ0n) is 82.3. The van der Waals surface area contributed by atoms with Crippen molar-refractivity contribution in [1.82, 2.24) is 43.9 Å². The first-order valence-corrected chi connectivity index (χ1v) is 53.4. The average Bonchev–Trinajstić information content (AvgIpc) is 1.60. The number of hydrogen-bond acceptors (Lipinski definition) is 26. The molecule has 6 aliphatic heterocycles. The Bertz CT molecular complexity index is 7220. The predicted molar refractivity (Wildman–Crippen MR) is 557 cm³/mol. The van der Waals surface area contributed by atoms with Crippen LogP contribution in [0.25, 0.3) is 44.8 Å². The van der Waals surface area contributed by atoms with Crippen LogP contribution in [0.1, 0.15) is 153 Å². The van der Waals surface area contributed by atoms with Crippen LogP contribution in [-0.2, 0) is 72.2 Å². The standard InChI is InChI=1S/C29H32N4O5S.C28H29N3O5S.C28H29N3O5.C25H27N3O5S.2H2/c1-33-17-3-4-22(33)13-16-30-39(35,36)23-10-7-20(8-11-23)24-5-2-6-27(31-24)32-28(34)29(14-15-29)21-9-12-25-26(18-21)38-19-37-25;1-19-4-3-15-31(17-19)37(33,34)22-10-7-20(8-11-22)23-5-2-6-26(29-23)30-27(32)28(13-14-28)21-9-12-24-25(16-21)36-18-35-24;1-27(2,3)36-26(33)30-15-18-5-4-6-19(13-18)20-7-10-24(29-16-20)31-25(32)28(11-12-28)21-8-9-22-23(14-21)35-17-34-22;1-15-16(2)23(27-13-20(15)17-4-7-19(8-5-17)34(30,31)26-3)28-24(29)25(10-11-25)18-6-9-21-22(12-18)33-14-32-21;;/h2,5-12,18,22,30H,3-4,13-17,19H2,1H3,(H,31,32,34);2,5-12,16,19H,3-4,13-15,17-18H2,1H3,(H,29,30,32);4-10,13-14,16H,11-12,15,17H2,1-3H3,(H,30,33)(H,29,31,32);4-9,12-13,26,30-31H,10-11,14H2,1-3H3,(H,27,28,29);2*1H. The van der Waals surface area contributed by atoms with Gasteiger partial charge in [-0.15, -0.1) is 10.8 Å². The van der Waals surface area contributed by atoms with E-state index < -0.39 is 64.2 Å². The number of pyridine rings is 4. The van der Waals surface area contributed by atoms with Crippen molar-refractivity contribution in [3.05, 3.63) is 270 Å². The van der Waals surface area contributed by atoms with Gasteiger partial charge in [-0.25, -0.2) is 51.0 Å². The van der Waals surface area contributed by atoms with Gasteiger partial charge < -0.3 is 74.1 Å². The lowest BCUT2D eigenvalue weighted by Crippen LogP contribution is -2.39. The summed E-state index contributed by atoms with van der Waals surface area (Å²) in [6.45, 7) is 15.2. The molecule has 12 aromatic rings. The number of hydrogen-bond donors (Lipinski definition) is 9. The second-order valence-electron chi connectivity index (χ2n) is 39.4. The number of amides is 5. The van der Waals surface area contributed by atoms with Gasteiger partial charge in [0.25, 0.3) is 0 Å². The van der Waals surface area contributed by atoms with Crippen LogP contribution in [0, 0.1) is 19.8 Å². The number of rotatable bonds is 27. The summed E-state index contributed by atoms with van der Waals surface area (Å²) in [5, 5.41) is 14.7. The normalized spacial score (nSPS) is 18.0. The molecule has 2 unspecified atom stereocenters. The molecule has 36 heteroatoms. The van der Waals surface area contributed by atoms with Crippen LogP contribution in [0.5, 0.6) is 46.0 Å². The van der Waals surface area contributed by atoms with Crippen LogP contribution < -0.4 is 73.9 Å². The van der Waals surface area contributed by atoms with Gasteiger partial charge in [0.2, 0.25) is 70.8 Å². The van der Waals surface area contributed by atoms with Crippen molar-refractivity contribution < 1.29 is 95.4 Å². The van der Waals surface area contributed by atoms with Crippen LogP contribution in [0.15, 0.2) is 245 Å². The highest BCUT2D eigenvalue weighted by Crippen LogP contribution is 2.56. The first kappa shape index (κ1) is 101. The number of alkyl carbamates (subject to hydrolysis) is 1. The van der Waals surface area contributed by atoms with Gasteiger partial charge in [-0.05, 0) is 315 Å². The Morgan fingerprint density at radius 3 is 1.35 bits per heavy atom. The minimum Gasteiger partial charge on any atom is -0.454 e. The Balaban J connectivity index is 0.000000134. The number of piperidine rings is 1. The molecule has 4 aromatic heterocycles. The fraction of sp³-hybridized carbons (Fsp3) is 0.336. The fourth-order valence-electron chi connectivity index (χ4n) is 19.1. The molecule has 4 aliphatic carbocycles. The zero-order chi connectivity index (χ0) is 102. The van der Waals surface area contributed by atoms with E-state index >= 15 is 0 Å².